The molecule has 0 saturated carbocycles. The summed E-state index contributed by atoms with van der Waals surface area (Å²) in [7, 11) is 1.80. The summed E-state index contributed by atoms with van der Waals surface area (Å²) in [5, 5.41) is 7.21. The van der Waals surface area contributed by atoms with E-state index in [0.29, 0.717) is 6.54 Å². The molecule has 2 aromatic heterocycles. The SMILES string of the molecule is Cc1cnn(C(C)C(=O)N(C)Cc2csc(-c3ccccc3)n2)c1. The Morgan fingerprint density at radius 2 is 2.08 bits per heavy atom. The lowest BCUT2D eigenvalue weighted by molar-refractivity contribution is -0.133. The highest BCUT2D eigenvalue weighted by molar-refractivity contribution is 7.13. The number of aryl methyl sites for hydroxylation is 1. The zero-order valence-corrected chi connectivity index (χ0v) is 14.8. The molecule has 1 unspecified atom stereocenters. The Hall–Kier alpha value is -2.47. The molecular weight excluding hydrogens is 320 g/mol. The Balaban J connectivity index is 1.67. The Morgan fingerprint density at radius 1 is 1.33 bits per heavy atom. The van der Waals surface area contributed by atoms with Gasteiger partial charge in [0.2, 0.25) is 5.91 Å². The highest BCUT2D eigenvalue weighted by atomic mass is 32.1. The van der Waals surface area contributed by atoms with Gasteiger partial charge in [-0.05, 0) is 19.4 Å². The second-order valence-electron chi connectivity index (χ2n) is 5.88. The first kappa shape index (κ1) is 16.4. The lowest BCUT2D eigenvalue weighted by Crippen LogP contribution is -2.33. The van der Waals surface area contributed by atoms with Gasteiger partial charge in [-0.2, -0.15) is 5.10 Å². The van der Waals surface area contributed by atoms with E-state index in [2.05, 4.69) is 10.1 Å². The number of aromatic nitrogens is 3. The predicted molar refractivity (Wildman–Crippen MR) is 95.7 cm³/mol. The van der Waals surface area contributed by atoms with Crippen molar-refractivity contribution in [3.05, 3.63) is 59.4 Å². The third kappa shape index (κ3) is 3.54. The molecule has 0 saturated heterocycles. The molecule has 1 aromatic carbocycles. The van der Waals surface area contributed by atoms with Crippen molar-refractivity contribution in [3.8, 4) is 10.6 Å². The van der Waals surface area contributed by atoms with Gasteiger partial charge in [-0.25, -0.2) is 4.98 Å². The van der Waals surface area contributed by atoms with E-state index in [9.17, 15) is 4.79 Å². The Morgan fingerprint density at radius 3 is 2.75 bits per heavy atom. The molecule has 124 valence electrons. The molecule has 3 aromatic rings. The van der Waals surface area contributed by atoms with Crippen LogP contribution in [0.15, 0.2) is 48.1 Å². The van der Waals surface area contributed by atoms with Crippen LogP contribution in [0.4, 0.5) is 0 Å². The summed E-state index contributed by atoms with van der Waals surface area (Å²) in [4.78, 5) is 18.9. The second-order valence-corrected chi connectivity index (χ2v) is 6.74. The van der Waals surface area contributed by atoms with Crippen molar-refractivity contribution in [2.45, 2.75) is 26.4 Å². The minimum absolute atomic E-state index is 0.0207. The topological polar surface area (TPSA) is 51.0 Å². The van der Waals surface area contributed by atoms with E-state index < -0.39 is 0 Å². The number of carbonyl (C=O) groups excluding carboxylic acids is 1. The highest BCUT2D eigenvalue weighted by Crippen LogP contribution is 2.24. The number of thiazole rings is 1. The van der Waals surface area contributed by atoms with Crippen LogP contribution in [-0.2, 0) is 11.3 Å². The maximum atomic E-state index is 12.6. The van der Waals surface area contributed by atoms with E-state index in [1.54, 1.807) is 34.2 Å². The van der Waals surface area contributed by atoms with E-state index in [-0.39, 0.29) is 11.9 Å². The smallest absolute Gasteiger partial charge is 0.247 e. The van der Waals surface area contributed by atoms with E-state index in [1.807, 2.05) is 55.8 Å². The lowest BCUT2D eigenvalue weighted by Gasteiger charge is -2.20. The zero-order chi connectivity index (χ0) is 17.1. The number of hydrogen-bond acceptors (Lipinski definition) is 4. The lowest BCUT2D eigenvalue weighted by atomic mass is 10.2. The van der Waals surface area contributed by atoms with Crippen LogP contribution in [0.1, 0.15) is 24.2 Å². The number of benzene rings is 1. The van der Waals surface area contributed by atoms with Crippen LogP contribution in [0.5, 0.6) is 0 Å². The van der Waals surface area contributed by atoms with Crippen LogP contribution in [0.3, 0.4) is 0 Å². The first-order valence-electron chi connectivity index (χ1n) is 7.80. The van der Waals surface area contributed by atoms with Crippen molar-refractivity contribution in [1.29, 1.82) is 0 Å². The molecule has 0 N–H and O–H groups in total. The molecule has 3 rings (SSSR count). The molecule has 5 nitrogen and oxygen atoms in total. The van der Waals surface area contributed by atoms with Crippen molar-refractivity contribution in [1.82, 2.24) is 19.7 Å². The van der Waals surface area contributed by atoms with Crippen molar-refractivity contribution < 1.29 is 4.79 Å². The van der Waals surface area contributed by atoms with Gasteiger partial charge in [0.1, 0.15) is 11.0 Å². The minimum Gasteiger partial charge on any atom is -0.338 e. The standard InChI is InChI=1S/C18H20N4OS/c1-13-9-19-22(10-13)14(2)18(23)21(3)11-16-12-24-17(20-16)15-7-5-4-6-8-15/h4-10,12,14H,11H2,1-3H3. The maximum Gasteiger partial charge on any atom is 0.247 e. The van der Waals surface area contributed by atoms with Crippen LogP contribution >= 0.6 is 11.3 Å². The van der Waals surface area contributed by atoms with Gasteiger partial charge in [-0.3, -0.25) is 9.48 Å². The summed E-state index contributed by atoms with van der Waals surface area (Å²) < 4.78 is 1.70. The van der Waals surface area contributed by atoms with Crippen molar-refractivity contribution in [2.75, 3.05) is 7.05 Å². The van der Waals surface area contributed by atoms with Crippen molar-refractivity contribution in [3.63, 3.8) is 0 Å². The van der Waals surface area contributed by atoms with Gasteiger partial charge < -0.3 is 4.90 Å². The third-order valence-corrected chi connectivity index (χ3v) is 4.77. The fourth-order valence-electron chi connectivity index (χ4n) is 2.49. The second kappa shape index (κ2) is 6.97. The van der Waals surface area contributed by atoms with Gasteiger partial charge in [0.15, 0.2) is 0 Å². The summed E-state index contributed by atoms with van der Waals surface area (Å²) in [5.41, 5.74) is 3.05. The number of carbonyl (C=O) groups is 1. The summed E-state index contributed by atoms with van der Waals surface area (Å²) in [6, 6.07) is 9.75. The quantitative estimate of drug-likeness (QED) is 0.714. The number of nitrogens with zero attached hydrogens (tertiary/aromatic N) is 4. The summed E-state index contributed by atoms with van der Waals surface area (Å²) >= 11 is 1.60. The highest BCUT2D eigenvalue weighted by Gasteiger charge is 2.20. The molecular formula is C18H20N4OS. The largest absolute Gasteiger partial charge is 0.338 e. The number of amides is 1. The molecule has 1 atom stereocenters. The molecule has 0 fully saturated rings. The van der Waals surface area contributed by atoms with Gasteiger partial charge in [-0.15, -0.1) is 11.3 Å². The third-order valence-electron chi connectivity index (χ3n) is 3.83. The summed E-state index contributed by atoms with van der Waals surface area (Å²) in [6.45, 7) is 4.32. The molecule has 0 spiro atoms. The molecule has 0 bridgehead atoms. The van der Waals surface area contributed by atoms with E-state index in [0.717, 1.165) is 21.8 Å². The Kier molecular flexibility index (Phi) is 4.76. The molecule has 0 aliphatic heterocycles. The molecule has 0 radical (unpaired) electrons. The molecule has 24 heavy (non-hydrogen) atoms. The number of hydrogen-bond donors (Lipinski definition) is 0. The average molecular weight is 340 g/mol. The molecule has 0 aliphatic rings. The fourth-order valence-corrected chi connectivity index (χ4v) is 3.31. The molecule has 6 heteroatoms. The van der Waals surface area contributed by atoms with E-state index in [1.165, 1.54) is 0 Å². The van der Waals surface area contributed by atoms with Gasteiger partial charge in [0.05, 0.1) is 18.4 Å². The number of likely N-dealkylation sites (N-methyl/N-ethyl adjacent to an activating group) is 1. The van der Waals surface area contributed by atoms with Crippen molar-refractivity contribution >= 4 is 17.2 Å². The predicted octanol–water partition coefficient (Wildman–Crippen LogP) is 3.53. The Labute approximate surface area is 145 Å². The first-order valence-corrected chi connectivity index (χ1v) is 8.68. The maximum absolute atomic E-state index is 12.6. The van der Waals surface area contributed by atoms with Crippen LogP contribution in [0.25, 0.3) is 10.6 Å². The molecule has 1 amide bonds. The average Bonchev–Trinajstić information content (AvgIpc) is 3.23. The van der Waals surface area contributed by atoms with Crippen LogP contribution < -0.4 is 0 Å². The van der Waals surface area contributed by atoms with Gasteiger partial charge >= 0.3 is 0 Å². The van der Waals surface area contributed by atoms with Gasteiger partial charge in [-0.1, -0.05) is 30.3 Å². The van der Waals surface area contributed by atoms with Gasteiger partial charge in [0.25, 0.3) is 0 Å². The normalized spacial score (nSPS) is 12.1. The van der Waals surface area contributed by atoms with Crippen molar-refractivity contribution in [2.24, 2.45) is 0 Å². The zero-order valence-electron chi connectivity index (χ0n) is 14.0. The van der Waals surface area contributed by atoms with Crippen LogP contribution in [-0.4, -0.2) is 32.6 Å². The van der Waals surface area contributed by atoms with Gasteiger partial charge in [0, 0.05) is 24.2 Å². The van der Waals surface area contributed by atoms with E-state index >= 15 is 0 Å². The number of rotatable bonds is 5. The van der Waals surface area contributed by atoms with Crippen LogP contribution in [0, 0.1) is 6.92 Å². The minimum atomic E-state index is -0.323. The molecule has 2 heterocycles. The fraction of sp³-hybridized carbons (Fsp3) is 0.278. The monoisotopic (exact) mass is 340 g/mol. The summed E-state index contributed by atoms with van der Waals surface area (Å²) in [6.07, 6.45) is 3.64. The van der Waals surface area contributed by atoms with E-state index in [4.69, 9.17) is 0 Å². The first-order chi connectivity index (χ1) is 11.5. The Bertz CT molecular complexity index is 824. The molecule has 0 aliphatic carbocycles. The summed E-state index contributed by atoms with van der Waals surface area (Å²) in [5.74, 6) is 0.0207. The van der Waals surface area contributed by atoms with Crippen LogP contribution in [0.2, 0.25) is 0 Å².